The van der Waals surface area contributed by atoms with Gasteiger partial charge in [0.1, 0.15) is 5.72 Å². The topological polar surface area (TPSA) is 63.3 Å². The van der Waals surface area contributed by atoms with Crippen LogP contribution >= 0.6 is 0 Å². The second-order valence-electron chi connectivity index (χ2n) is 3.86. The van der Waals surface area contributed by atoms with Gasteiger partial charge in [-0.15, -0.1) is 0 Å². The van der Waals surface area contributed by atoms with E-state index < -0.39 is 24.1 Å². The normalized spacial score (nSPS) is 15.4. The first-order valence-electron chi connectivity index (χ1n) is 4.86. The van der Waals surface area contributed by atoms with Crippen LogP contribution in [-0.2, 0) is 11.2 Å². The number of Topliss-reactive ketones (excluding diaryl/α,β-unsaturated/α-hetero) is 1. The average molecular weight is 247 g/mol. The van der Waals surface area contributed by atoms with E-state index >= 15 is 0 Å². The molecule has 1 rings (SSSR count). The highest BCUT2D eigenvalue weighted by molar-refractivity contribution is 5.84. The molecule has 6 heteroatoms. The number of hydrogen-bond donors (Lipinski definition) is 2. The van der Waals surface area contributed by atoms with Crippen molar-refractivity contribution in [3.63, 3.8) is 0 Å². The molecule has 0 amide bonds. The van der Waals surface area contributed by atoms with E-state index in [1.165, 1.54) is 0 Å². The van der Waals surface area contributed by atoms with E-state index in [1.54, 1.807) is 30.3 Å². The van der Waals surface area contributed by atoms with Crippen molar-refractivity contribution in [2.75, 3.05) is 0 Å². The second kappa shape index (κ2) is 4.85. The number of halogens is 3. The molecule has 94 valence electrons. The van der Waals surface area contributed by atoms with Gasteiger partial charge in [0.2, 0.25) is 5.78 Å². The minimum atomic E-state index is -4.97. The van der Waals surface area contributed by atoms with Crippen molar-refractivity contribution in [2.45, 2.75) is 24.7 Å². The summed E-state index contributed by atoms with van der Waals surface area (Å²) in [6.07, 6.45) is -6.33. The maximum Gasteiger partial charge on any atom is 0.450 e. The van der Waals surface area contributed by atoms with Crippen LogP contribution in [0.3, 0.4) is 0 Å². The van der Waals surface area contributed by atoms with E-state index in [0.717, 1.165) is 0 Å². The Bertz CT molecular complexity index is 387. The van der Waals surface area contributed by atoms with Gasteiger partial charge in [0.25, 0.3) is 0 Å². The Morgan fingerprint density at radius 3 is 2.24 bits per heavy atom. The molecule has 1 aromatic carbocycles. The van der Waals surface area contributed by atoms with Crippen LogP contribution in [0.4, 0.5) is 13.2 Å². The molecule has 0 fully saturated rings. The highest BCUT2D eigenvalue weighted by atomic mass is 19.4. The Hall–Kier alpha value is -1.40. The quantitative estimate of drug-likeness (QED) is 0.790. The van der Waals surface area contributed by atoms with Gasteiger partial charge in [0.15, 0.2) is 0 Å². The molecule has 0 aliphatic heterocycles. The van der Waals surface area contributed by atoms with Crippen LogP contribution in [0, 0.1) is 0 Å². The van der Waals surface area contributed by atoms with Crippen LogP contribution in [0.1, 0.15) is 12.0 Å². The van der Waals surface area contributed by atoms with Gasteiger partial charge in [-0.25, -0.2) is 0 Å². The summed E-state index contributed by atoms with van der Waals surface area (Å²) in [6.45, 7) is 0. The molecule has 0 spiro atoms. The summed E-state index contributed by atoms with van der Waals surface area (Å²) in [6, 6.07) is 8.26. The second-order valence-corrected chi connectivity index (χ2v) is 3.86. The lowest BCUT2D eigenvalue weighted by Crippen LogP contribution is -2.46. The minimum absolute atomic E-state index is 0.213. The van der Waals surface area contributed by atoms with Crippen molar-refractivity contribution in [3.05, 3.63) is 35.9 Å². The van der Waals surface area contributed by atoms with Gasteiger partial charge in [0.05, 0.1) is 6.42 Å². The number of rotatable bonds is 4. The van der Waals surface area contributed by atoms with Crippen LogP contribution in [0.5, 0.6) is 0 Å². The molecule has 1 unspecified atom stereocenters. The molecule has 0 aliphatic carbocycles. The number of benzene rings is 1. The Labute approximate surface area is 96.0 Å². The fourth-order valence-corrected chi connectivity index (χ4v) is 1.39. The van der Waals surface area contributed by atoms with Crippen molar-refractivity contribution >= 4 is 5.78 Å². The standard InChI is InChI=1S/C11H12F3NO2/c12-11(13,14)9(16)7-10(15,17)6-8-4-2-1-3-5-8/h1-5,17H,6-7,15H2. The Kier molecular flexibility index (Phi) is 3.90. The zero-order chi connectivity index (χ0) is 13.1. The maximum absolute atomic E-state index is 12.0. The van der Waals surface area contributed by atoms with Gasteiger partial charge in [0, 0.05) is 6.42 Å². The number of ketones is 1. The first-order chi connectivity index (χ1) is 7.71. The Morgan fingerprint density at radius 1 is 1.24 bits per heavy atom. The molecule has 0 aromatic heterocycles. The fraction of sp³-hybridized carbons (Fsp3) is 0.364. The molecule has 17 heavy (non-hydrogen) atoms. The summed E-state index contributed by atoms with van der Waals surface area (Å²) < 4.78 is 36.0. The molecule has 0 bridgehead atoms. The lowest BCUT2D eigenvalue weighted by atomic mass is 9.98. The van der Waals surface area contributed by atoms with Gasteiger partial charge < -0.3 is 10.8 Å². The summed E-state index contributed by atoms with van der Waals surface area (Å²) in [7, 11) is 0. The Balaban J connectivity index is 2.67. The van der Waals surface area contributed by atoms with Crippen LogP contribution in [0.2, 0.25) is 0 Å². The number of hydrogen-bond acceptors (Lipinski definition) is 3. The van der Waals surface area contributed by atoms with E-state index in [9.17, 15) is 23.1 Å². The molecule has 0 aliphatic rings. The summed E-state index contributed by atoms with van der Waals surface area (Å²) in [5.74, 6) is -2.03. The Morgan fingerprint density at radius 2 is 1.76 bits per heavy atom. The molecule has 0 heterocycles. The van der Waals surface area contributed by atoms with Gasteiger partial charge >= 0.3 is 6.18 Å². The molecule has 0 saturated carbocycles. The van der Waals surface area contributed by atoms with Gasteiger partial charge in [-0.3, -0.25) is 4.79 Å². The van der Waals surface area contributed by atoms with Gasteiger partial charge in [-0.2, -0.15) is 13.2 Å². The van der Waals surface area contributed by atoms with Crippen molar-refractivity contribution in [2.24, 2.45) is 5.73 Å². The number of alkyl halides is 3. The number of carbonyl (C=O) groups excluding carboxylic acids is 1. The zero-order valence-corrected chi connectivity index (χ0v) is 8.87. The average Bonchev–Trinajstić information content (AvgIpc) is 2.16. The summed E-state index contributed by atoms with van der Waals surface area (Å²) in [4.78, 5) is 10.7. The summed E-state index contributed by atoms with van der Waals surface area (Å²) >= 11 is 0. The van der Waals surface area contributed by atoms with E-state index in [-0.39, 0.29) is 6.42 Å². The molecular formula is C11H12F3NO2. The van der Waals surface area contributed by atoms with Gasteiger partial charge in [-0.1, -0.05) is 30.3 Å². The number of aliphatic hydroxyl groups is 1. The lowest BCUT2D eigenvalue weighted by molar-refractivity contribution is -0.175. The third-order valence-corrected chi connectivity index (χ3v) is 2.14. The predicted molar refractivity (Wildman–Crippen MR) is 55.0 cm³/mol. The molecule has 1 aromatic rings. The van der Waals surface area contributed by atoms with Crippen LogP contribution in [0.25, 0.3) is 0 Å². The lowest BCUT2D eigenvalue weighted by Gasteiger charge is -2.22. The largest absolute Gasteiger partial charge is 0.450 e. The van der Waals surface area contributed by atoms with Crippen molar-refractivity contribution in [1.29, 1.82) is 0 Å². The first-order valence-corrected chi connectivity index (χ1v) is 4.86. The van der Waals surface area contributed by atoms with E-state index in [4.69, 9.17) is 5.73 Å². The third-order valence-electron chi connectivity index (χ3n) is 2.14. The summed E-state index contributed by atoms with van der Waals surface area (Å²) in [5, 5.41) is 9.56. The fourth-order valence-electron chi connectivity index (χ4n) is 1.39. The molecule has 3 nitrogen and oxygen atoms in total. The third kappa shape index (κ3) is 4.54. The monoisotopic (exact) mass is 247 g/mol. The molecule has 3 N–H and O–H groups in total. The molecular weight excluding hydrogens is 235 g/mol. The van der Waals surface area contributed by atoms with Crippen LogP contribution < -0.4 is 5.73 Å². The van der Waals surface area contributed by atoms with Crippen LogP contribution in [0.15, 0.2) is 30.3 Å². The van der Waals surface area contributed by atoms with Crippen molar-refractivity contribution in [1.82, 2.24) is 0 Å². The highest BCUT2D eigenvalue weighted by Crippen LogP contribution is 2.22. The smallest absolute Gasteiger partial charge is 0.375 e. The van der Waals surface area contributed by atoms with Crippen LogP contribution in [-0.4, -0.2) is 22.8 Å². The number of nitrogens with two attached hydrogens (primary N) is 1. The van der Waals surface area contributed by atoms with E-state index in [0.29, 0.717) is 5.56 Å². The minimum Gasteiger partial charge on any atom is -0.375 e. The molecule has 0 radical (unpaired) electrons. The van der Waals surface area contributed by atoms with Crippen molar-refractivity contribution < 1.29 is 23.1 Å². The first kappa shape index (κ1) is 13.7. The van der Waals surface area contributed by atoms with E-state index in [1.807, 2.05) is 0 Å². The SMILES string of the molecule is NC(O)(CC(=O)C(F)(F)F)Cc1ccccc1. The highest BCUT2D eigenvalue weighted by Gasteiger charge is 2.42. The molecule has 0 saturated heterocycles. The summed E-state index contributed by atoms with van der Waals surface area (Å²) in [5.41, 5.74) is 3.66. The maximum atomic E-state index is 12.0. The zero-order valence-electron chi connectivity index (χ0n) is 8.87. The van der Waals surface area contributed by atoms with E-state index in [2.05, 4.69) is 0 Å². The van der Waals surface area contributed by atoms with Crippen molar-refractivity contribution in [3.8, 4) is 0 Å². The number of carbonyl (C=O) groups is 1. The molecule has 1 atom stereocenters. The van der Waals surface area contributed by atoms with Gasteiger partial charge in [-0.05, 0) is 5.56 Å². The predicted octanol–water partition coefficient (Wildman–Crippen LogP) is 1.40.